The molecule has 5 aromatic carbocycles. The van der Waals surface area contributed by atoms with E-state index in [1.165, 1.54) is 37.7 Å². The molecule has 1 heterocycles. The minimum atomic E-state index is -0.629. The van der Waals surface area contributed by atoms with Gasteiger partial charge in [-0.05, 0) is 48.7 Å². The van der Waals surface area contributed by atoms with Crippen molar-refractivity contribution in [1.29, 1.82) is 0 Å². The Labute approximate surface area is 162 Å². The van der Waals surface area contributed by atoms with Crippen molar-refractivity contribution in [2.75, 3.05) is 6.61 Å². The average molecular weight is 368 g/mol. The molecule has 1 aliphatic rings. The van der Waals surface area contributed by atoms with Crippen molar-refractivity contribution in [2.45, 2.75) is 24.7 Å². The fourth-order valence-electron chi connectivity index (χ4n) is 5.04. The van der Waals surface area contributed by atoms with Gasteiger partial charge in [-0.15, -0.1) is 0 Å². The molecule has 1 aliphatic heterocycles. The van der Waals surface area contributed by atoms with Crippen LogP contribution in [-0.4, -0.2) is 29.0 Å². The molecule has 5 aromatic rings. The highest BCUT2D eigenvalue weighted by molar-refractivity contribution is 6.33. The smallest absolute Gasteiger partial charge is 0.107 e. The van der Waals surface area contributed by atoms with Crippen LogP contribution in [0.1, 0.15) is 18.1 Å². The first-order chi connectivity index (χ1) is 13.8. The van der Waals surface area contributed by atoms with Crippen molar-refractivity contribution in [3.63, 3.8) is 0 Å². The normalized spacial score (nSPS) is 22.9. The van der Waals surface area contributed by atoms with Crippen molar-refractivity contribution in [1.82, 2.24) is 0 Å². The highest BCUT2D eigenvalue weighted by Gasteiger charge is 2.35. The van der Waals surface area contributed by atoms with Crippen molar-refractivity contribution in [3.8, 4) is 0 Å². The van der Waals surface area contributed by atoms with Crippen LogP contribution in [0.15, 0.2) is 66.7 Å². The van der Waals surface area contributed by atoms with E-state index in [0.717, 1.165) is 10.9 Å². The second kappa shape index (κ2) is 5.89. The second-order valence-corrected chi connectivity index (χ2v) is 7.79. The van der Waals surface area contributed by atoms with Gasteiger partial charge in [-0.3, -0.25) is 0 Å². The van der Waals surface area contributed by atoms with Gasteiger partial charge in [0.25, 0.3) is 0 Å². The van der Waals surface area contributed by atoms with Gasteiger partial charge in [-0.2, -0.15) is 0 Å². The molecule has 0 bridgehead atoms. The zero-order chi connectivity index (χ0) is 18.8. The molecule has 3 heteroatoms. The van der Waals surface area contributed by atoms with Crippen LogP contribution < -0.4 is 0 Å². The Kier molecular flexibility index (Phi) is 3.42. The maximum absolute atomic E-state index is 10.2. The van der Waals surface area contributed by atoms with E-state index < -0.39 is 12.2 Å². The molecule has 0 aliphatic carbocycles. The average Bonchev–Trinajstić information content (AvgIpc) is 3.12. The fourth-order valence-corrected chi connectivity index (χ4v) is 5.04. The number of benzene rings is 5. The number of ether oxygens (including phenoxy) is 1. The Morgan fingerprint density at radius 3 is 2.04 bits per heavy atom. The molecular weight excluding hydrogens is 348 g/mol. The largest absolute Gasteiger partial charge is 0.394 e. The van der Waals surface area contributed by atoms with Gasteiger partial charge in [0.15, 0.2) is 0 Å². The number of aliphatic hydroxyl groups is 2. The summed E-state index contributed by atoms with van der Waals surface area (Å²) in [5.41, 5.74) is 1.09. The molecule has 0 radical (unpaired) electrons. The summed E-state index contributed by atoms with van der Waals surface area (Å²) in [5, 5.41) is 29.7. The molecule has 1 saturated heterocycles. The molecule has 138 valence electrons. The first-order valence-corrected chi connectivity index (χ1v) is 9.79. The number of hydrogen-bond donors (Lipinski definition) is 2. The summed E-state index contributed by atoms with van der Waals surface area (Å²) in [4.78, 5) is 0. The predicted octanol–water partition coefficient (Wildman–Crippen LogP) is 4.92. The van der Waals surface area contributed by atoms with E-state index >= 15 is 0 Å². The summed E-state index contributed by atoms with van der Waals surface area (Å²) in [6, 6.07) is 23.8. The minimum Gasteiger partial charge on any atom is -0.394 e. The molecule has 2 unspecified atom stereocenters. The van der Waals surface area contributed by atoms with E-state index in [4.69, 9.17) is 4.74 Å². The molecular formula is C25H20O3. The molecule has 2 N–H and O–H groups in total. The van der Waals surface area contributed by atoms with Crippen molar-refractivity contribution in [2.24, 2.45) is 0 Å². The summed E-state index contributed by atoms with van der Waals surface area (Å²) in [5.74, 6) is 0. The van der Waals surface area contributed by atoms with Crippen molar-refractivity contribution < 1.29 is 14.9 Å². The lowest BCUT2D eigenvalue weighted by atomic mass is 9.87. The maximum atomic E-state index is 10.2. The zero-order valence-electron chi connectivity index (χ0n) is 15.3. The number of fused-ring (bicyclic) bond motifs is 2. The number of aliphatic hydroxyl groups excluding tert-OH is 2. The summed E-state index contributed by atoms with van der Waals surface area (Å²) < 4.78 is 5.98. The van der Waals surface area contributed by atoms with Crippen molar-refractivity contribution >= 4 is 43.1 Å². The van der Waals surface area contributed by atoms with E-state index in [-0.39, 0.29) is 12.7 Å². The molecule has 3 atom stereocenters. The molecule has 28 heavy (non-hydrogen) atoms. The zero-order valence-corrected chi connectivity index (χ0v) is 15.3. The van der Waals surface area contributed by atoms with Crippen LogP contribution in [0.2, 0.25) is 0 Å². The van der Waals surface area contributed by atoms with Crippen molar-refractivity contribution in [3.05, 3.63) is 72.3 Å². The first-order valence-electron chi connectivity index (χ1n) is 9.79. The Morgan fingerprint density at radius 2 is 1.36 bits per heavy atom. The van der Waals surface area contributed by atoms with Crippen LogP contribution in [-0.2, 0) is 4.74 Å². The highest BCUT2D eigenvalue weighted by Crippen LogP contribution is 2.44. The van der Waals surface area contributed by atoms with Crippen LogP contribution in [0.4, 0.5) is 0 Å². The van der Waals surface area contributed by atoms with Crippen LogP contribution in [0.5, 0.6) is 0 Å². The molecule has 1 fully saturated rings. The van der Waals surface area contributed by atoms with Crippen LogP contribution in [0.3, 0.4) is 0 Å². The molecule has 0 amide bonds. The lowest BCUT2D eigenvalue weighted by molar-refractivity contribution is -0.0222. The Balaban J connectivity index is 1.72. The van der Waals surface area contributed by atoms with E-state index in [1.807, 2.05) is 0 Å². The summed E-state index contributed by atoms with van der Waals surface area (Å²) in [6.45, 7) is -0.158. The summed E-state index contributed by atoms with van der Waals surface area (Å²) in [6.07, 6.45) is -0.833. The Morgan fingerprint density at radius 1 is 0.750 bits per heavy atom. The van der Waals surface area contributed by atoms with E-state index in [2.05, 4.69) is 66.7 Å². The van der Waals surface area contributed by atoms with Gasteiger partial charge in [-0.1, -0.05) is 66.7 Å². The second-order valence-electron chi connectivity index (χ2n) is 7.79. The lowest BCUT2D eigenvalue weighted by Crippen LogP contribution is -2.24. The summed E-state index contributed by atoms with van der Waals surface area (Å²) in [7, 11) is 0. The van der Waals surface area contributed by atoms with Gasteiger partial charge in [0.2, 0.25) is 0 Å². The quantitative estimate of drug-likeness (QED) is 0.343. The SMILES string of the molecule is OC[C@H]1OC(c2ccc3c4cccc5cccc(c6cccc2c63)c54)CC1O. The highest BCUT2D eigenvalue weighted by atomic mass is 16.5. The van der Waals surface area contributed by atoms with Gasteiger partial charge in [-0.25, -0.2) is 0 Å². The molecule has 0 aromatic heterocycles. The summed E-state index contributed by atoms with van der Waals surface area (Å²) >= 11 is 0. The topological polar surface area (TPSA) is 49.7 Å². The molecule has 0 saturated carbocycles. The molecule has 3 nitrogen and oxygen atoms in total. The monoisotopic (exact) mass is 368 g/mol. The lowest BCUT2D eigenvalue weighted by Gasteiger charge is -2.19. The standard InChI is InChI=1S/C25H20O3/c26-13-23-21(27)12-22(28-23)15-10-11-20-18-7-2-5-14-4-1-6-17(24(14)18)19-9-3-8-16(15)25(19)20/h1-11,21-23,26-27H,12-13H2/t21?,22?,23-/m1/s1. The molecule has 6 rings (SSSR count). The first kappa shape index (κ1) is 16.3. The predicted molar refractivity (Wildman–Crippen MR) is 113 cm³/mol. The minimum absolute atomic E-state index is 0.158. The van der Waals surface area contributed by atoms with E-state index in [9.17, 15) is 10.2 Å². The van der Waals surface area contributed by atoms with Crippen LogP contribution in [0, 0.1) is 0 Å². The number of rotatable bonds is 2. The van der Waals surface area contributed by atoms with Gasteiger partial charge < -0.3 is 14.9 Å². The van der Waals surface area contributed by atoms with Gasteiger partial charge in [0.05, 0.1) is 18.8 Å². The number of hydrogen-bond acceptors (Lipinski definition) is 3. The fraction of sp³-hybridized carbons (Fsp3) is 0.200. The van der Waals surface area contributed by atoms with E-state index in [0.29, 0.717) is 6.42 Å². The van der Waals surface area contributed by atoms with Gasteiger partial charge >= 0.3 is 0 Å². The van der Waals surface area contributed by atoms with E-state index in [1.54, 1.807) is 0 Å². The Bertz CT molecular complexity index is 1290. The third kappa shape index (κ3) is 2.09. The van der Waals surface area contributed by atoms with Crippen LogP contribution >= 0.6 is 0 Å². The van der Waals surface area contributed by atoms with Gasteiger partial charge in [0.1, 0.15) is 6.10 Å². The molecule has 0 spiro atoms. The van der Waals surface area contributed by atoms with Crippen LogP contribution in [0.25, 0.3) is 43.1 Å². The third-order valence-electron chi connectivity index (χ3n) is 6.31. The van der Waals surface area contributed by atoms with Gasteiger partial charge in [0, 0.05) is 6.42 Å². The maximum Gasteiger partial charge on any atom is 0.107 e. The Hall–Kier alpha value is -2.72. The third-order valence-corrected chi connectivity index (χ3v) is 6.31.